The van der Waals surface area contributed by atoms with Gasteiger partial charge in [-0.1, -0.05) is 26.7 Å². The van der Waals surface area contributed by atoms with Gasteiger partial charge in [0.05, 0.1) is 0 Å². The van der Waals surface area contributed by atoms with Crippen LogP contribution in [0.4, 0.5) is 0 Å². The molecule has 2 fully saturated rings. The molecule has 0 aromatic carbocycles. The van der Waals surface area contributed by atoms with Crippen molar-refractivity contribution in [2.24, 2.45) is 11.8 Å². The number of hydrogen-bond acceptors (Lipinski definition) is 2. The van der Waals surface area contributed by atoms with E-state index in [9.17, 15) is 0 Å². The lowest BCUT2D eigenvalue weighted by atomic mass is 9.77. The van der Waals surface area contributed by atoms with Crippen molar-refractivity contribution in [2.45, 2.75) is 64.5 Å². The molecular weight excluding hydrogens is 208 g/mol. The molecule has 0 amide bonds. The second-order valence-electron chi connectivity index (χ2n) is 6.12. The molecule has 3 atom stereocenters. The van der Waals surface area contributed by atoms with Crippen molar-refractivity contribution in [3.05, 3.63) is 0 Å². The maximum absolute atomic E-state index is 3.51. The summed E-state index contributed by atoms with van der Waals surface area (Å²) in [6, 6.07) is 1.59. The molecule has 1 saturated heterocycles. The van der Waals surface area contributed by atoms with Crippen LogP contribution >= 0.6 is 0 Å². The minimum absolute atomic E-state index is 0.725. The van der Waals surface area contributed by atoms with Crippen LogP contribution in [0.3, 0.4) is 0 Å². The van der Waals surface area contributed by atoms with Gasteiger partial charge in [0.25, 0.3) is 0 Å². The van der Waals surface area contributed by atoms with E-state index in [1.807, 2.05) is 0 Å². The van der Waals surface area contributed by atoms with Crippen LogP contribution in [0.1, 0.15) is 52.4 Å². The van der Waals surface area contributed by atoms with Gasteiger partial charge in [-0.25, -0.2) is 0 Å². The van der Waals surface area contributed by atoms with Crippen molar-refractivity contribution in [1.82, 2.24) is 10.2 Å². The number of rotatable bonds is 5. The summed E-state index contributed by atoms with van der Waals surface area (Å²) in [4.78, 5) is 2.81. The van der Waals surface area contributed by atoms with Crippen molar-refractivity contribution in [2.75, 3.05) is 20.1 Å². The summed E-state index contributed by atoms with van der Waals surface area (Å²) in [7, 11) is 2.13. The molecule has 17 heavy (non-hydrogen) atoms. The number of hydrogen-bond donors (Lipinski definition) is 1. The number of likely N-dealkylation sites (tertiary alicyclic amines) is 1. The van der Waals surface area contributed by atoms with Crippen molar-refractivity contribution in [1.29, 1.82) is 0 Å². The van der Waals surface area contributed by atoms with Crippen LogP contribution < -0.4 is 5.32 Å². The second kappa shape index (κ2) is 6.19. The lowest BCUT2D eigenvalue weighted by molar-refractivity contribution is 0.0407. The summed E-state index contributed by atoms with van der Waals surface area (Å²) < 4.78 is 0. The highest BCUT2D eigenvalue weighted by molar-refractivity contribution is 4.90. The lowest BCUT2D eigenvalue weighted by Gasteiger charge is -2.46. The lowest BCUT2D eigenvalue weighted by Crippen LogP contribution is -2.54. The molecule has 2 rings (SSSR count). The normalized spacial score (nSPS) is 33.4. The van der Waals surface area contributed by atoms with Gasteiger partial charge in [0.2, 0.25) is 0 Å². The van der Waals surface area contributed by atoms with Gasteiger partial charge < -0.3 is 5.32 Å². The highest BCUT2D eigenvalue weighted by Gasteiger charge is 2.35. The summed E-state index contributed by atoms with van der Waals surface area (Å²) in [6.45, 7) is 7.36. The quantitative estimate of drug-likeness (QED) is 0.792. The van der Waals surface area contributed by atoms with E-state index in [0.29, 0.717) is 0 Å². The Morgan fingerprint density at radius 1 is 1.24 bits per heavy atom. The number of nitrogens with one attached hydrogen (secondary N) is 1. The Hall–Kier alpha value is -0.0800. The van der Waals surface area contributed by atoms with E-state index < -0.39 is 0 Å². The van der Waals surface area contributed by atoms with Gasteiger partial charge in [-0.2, -0.15) is 0 Å². The summed E-state index contributed by atoms with van der Waals surface area (Å²) in [6.07, 6.45) is 8.51. The third-order valence-electron chi connectivity index (χ3n) is 5.13. The molecule has 0 bridgehead atoms. The Labute approximate surface area is 107 Å². The molecule has 0 aromatic rings. The van der Waals surface area contributed by atoms with Crippen molar-refractivity contribution in [3.63, 3.8) is 0 Å². The molecule has 2 aliphatic rings. The molecule has 1 heterocycles. The maximum Gasteiger partial charge on any atom is 0.0195 e. The first kappa shape index (κ1) is 13.4. The first-order chi connectivity index (χ1) is 8.28. The smallest absolute Gasteiger partial charge is 0.0195 e. The van der Waals surface area contributed by atoms with Gasteiger partial charge in [-0.3, -0.25) is 4.90 Å². The molecule has 1 N–H and O–H groups in total. The zero-order valence-corrected chi connectivity index (χ0v) is 11.9. The average molecular weight is 238 g/mol. The zero-order chi connectivity index (χ0) is 12.3. The van der Waals surface area contributed by atoms with Crippen LogP contribution in [-0.2, 0) is 0 Å². The van der Waals surface area contributed by atoms with Crippen molar-refractivity contribution >= 4 is 0 Å². The molecular formula is C15H30N2. The van der Waals surface area contributed by atoms with Gasteiger partial charge in [0, 0.05) is 25.2 Å². The van der Waals surface area contributed by atoms with Gasteiger partial charge in [0.15, 0.2) is 0 Å². The van der Waals surface area contributed by atoms with Gasteiger partial charge in [-0.05, 0) is 44.6 Å². The van der Waals surface area contributed by atoms with Gasteiger partial charge >= 0.3 is 0 Å². The van der Waals surface area contributed by atoms with Gasteiger partial charge in [-0.15, -0.1) is 0 Å². The molecule has 0 spiro atoms. The summed E-state index contributed by atoms with van der Waals surface area (Å²) in [5.74, 6) is 1.92. The van der Waals surface area contributed by atoms with Crippen LogP contribution in [0.25, 0.3) is 0 Å². The number of likely N-dealkylation sites (N-methyl/N-ethyl adjacent to an activating group) is 1. The third-order valence-corrected chi connectivity index (χ3v) is 5.13. The third kappa shape index (κ3) is 3.03. The maximum atomic E-state index is 3.51. The molecule has 0 aromatic heterocycles. The molecule has 1 aliphatic heterocycles. The second-order valence-corrected chi connectivity index (χ2v) is 6.12. The first-order valence-electron chi connectivity index (χ1n) is 7.69. The monoisotopic (exact) mass is 238 g/mol. The Morgan fingerprint density at radius 2 is 2.00 bits per heavy atom. The Balaban J connectivity index is 1.96. The molecule has 2 nitrogen and oxygen atoms in total. The largest absolute Gasteiger partial charge is 0.316 e. The minimum Gasteiger partial charge on any atom is -0.316 e. The highest BCUT2D eigenvalue weighted by atomic mass is 15.2. The first-order valence-corrected chi connectivity index (χ1v) is 7.69. The standard InChI is InChI=1S/C15H30N2/c1-4-12-9-14(16-3)11-17(10-12)15(5-2)13-7-6-8-13/h12-16H,4-11H2,1-3H3. The van der Waals surface area contributed by atoms with Gasteiger partial charge in [0.1, 0.15) is 0 Å². The van der Waals surface area contributed by atoms with Crippen LogP contribution in [0.2, 0.25) is 0 Å². The van der Waals surface area contributed by atoms with E-state index >= 15 is 0 Å². The predicted molar refractivity (Wildman–Crippen MR) is 74.2 cm³/mol. The van der Waals surface area contributed by atoms with Crippen LogP contribution in [-0.4, -0.2) is 37.1 Å². The van der Waals surface area contributed by atoms with E-state index in [-0.39, 0.29) is 0 Å². The zero-order valence-electron chi connectivity index (χ0n) is 11.9. The van der Waals surface area contributed by atoms with Crippen molar-refractivity contribution in [3.8, 4) is 0 Å². The molecule has 1 saturated carbocycles. The molecule has 3 unspecified atom stereocenters. The molecule has 0 radical (unpaired) electrons. The fourth-order valence-corrected chi connectivity index (χ4v) is 3.73. The van der Waals surface area contributed by atoms with E-state index in [1.54, 1.807) is 0 Å². The fourth-order valence-electron chi connectivity index (χ4n) is 3.73. The highest BCUT2D eigenvalue weighted by Crippen LogP contribution is 2.35. The fraction of sp³-hybridized carbons (Fsp3) is 1.00. The van der Waals surface area contributed by atoms with Crippen LogP contribution in [0.15, 0.2) is 0 Å². The number of nitrogens with zero attached hydrogens (tertiary/aromatic N) is 1. The summed E-state index contributed by atoms with van der Waals surface area (Å²) >= 11 is 0. The topological polar surface area (TPSA) is 15.3 Å². The summed E-state index contributed by atoms with van der Waals surface area (Å²) in [5, 5.41) is 3.51. The Morgan fingerprint density at radius 3 is 2.47 bits per heavy atom. The number of piperidine rings is 1. The Bertz CT molecular complexity index is 213. The van der Waals surface area contributed by atoms with Crippen molar-refractivity contribution < 1.29 is 0 Å². The minimum atomic E-state index is 0.725. The SMILES string of the molecule is CCC1CC(NC)CN(C(CC)C2CCC2)C1. The van der Waals surface area contributed by atoms with E-state index in [1.165, 1.54) is 51.6 Å². The Kier molecular flexibility index (Phi) is 4.87. The van der Waals surface area contributed by atoms with E-state index in [2.05, 4.69) is 31.1 Å². The molecule has 1 aliphatic carbocycles. The molecule has 2 heteroatoms. The van der Waals surface area contributed by atoms with E-state index in [4.69, 9.17) is 0 Å². The summed E-state index contributed by atoms with van der Waals surface area (Å²) in [5.41, 5.74) is 0. The molecule has 100 valence electrons. The van der Waals surface area contributed by atoms with E-state index in [0.717, 1.165) is 23.9 Å². The average Bonchev–Trinajstić information content (AvgIpc) is 2.32. The van der Waals surface area contributed by atoms with Crippen LogP contribution in [0, 0.1) is 11.8 Å². The predicted octanol–water partition coefficient (Wildman–Crippen LogP) is 2.89. The van der Waals surface area contributed by atoms with Crippen LogP contribution in [0.5, 0.6) is 0 Å².